The molecule has 0 atom stereocenters. The number of hydrogen-bond acceptors (Lipinski definition) is 2. The van der Waals surface area contributed by atoms with Crippen molar-refractivity contribution >= 4 is 29.3 Å². The molecule has 1 aromatic rings. The maximum Gasteiger partial charge on any atom is 0.328 e. The molecule has 2 N–H and O–H groups in total. The number of anilines is 1. The number of carbonyl (C=O) groups is 1. The Labute approximate surface area is 125 Å². The van der Waals surface area contributed by atoms with Crippen LogP contribution in [0.2, 0.25) is 5.02 Å². The van der Waals surface area contributed by atoms with Crippen LogP contribution < -0.4 is 15.5 Å². The highest BCUT2D eigenvalue weighted by Gasteiger charge is 2.17. The number of aliphatic imine (C=N–C) groups is 1. The molecule has 5 nitrogen and oxygen atoms in total. The van der Waals surface area contributed by atoms with Gasteiger partial charge in [0.15, 0.2) is 5.96 Å². The molecule has 0 saturated carbocycles. The van der Waals surface area contributed by atoms with Gasteiger partial charge in [-0.25, -0.2) is 4.79 Å². The molecule has 0 aliphatic rings. The van der Waals surface area contributed by atoms with E-state index in [1.54, 1.807) is 13.1 Å². The van der Waals surface area contributed by atoms with E-state index in [1.165, 1.54) is 4.90 Å². The van der Waals surface area contributed by atoms with E-state index >= 15 is 0 Å². The Hall–Kier alpha value is -1.75. The highest BCUT2D eigenvalue weighted by molar-refractivity contribution is 6.34. The molecule has 0 aromatic heterocycles. The lowest BCUT2D eigenvalue weighted by Gasteiger charge is -2.22. The van der Waals surface area contributed by atoms with Crippen LogP contribution in [0.4, 0.5) is 10.5 Å². The van der Waals surface area contributed by atoms with E-state index in [4.69, 9.17) is 11.6 Å². The van der Waals surface area contributed by atoms with Gasteiger partial charge in [0.25, 0.3) is 0 Å². The Morgan fingerprint density at radius 3 is 2.65 bits per heavy atom. The third kappa shape index (κ3) is 4.13. The topological polar surface area (TPSA) is 56.7 Å². The van der Waals surface area contributed by atoms with Crippen LogP contribution in [0.1, 0.15) is 19.4 Å². The van der Waals surface area contributed by atoms with E-state index in [-0.39, 0.29) is 6.03 Å². The first-order valence-electron chi connectivity index (χ1n) is 6.59. The first-order chi connectivity index (χ1) is 9.51. The van der Waals surface area contributed by atoms with Gasteiger partial charge in [0.1, 0.15) is 0 Å². The minimum atomic E-state index is -0.283. The highest BCUT2D eigenvalue weighted by atomic mass is 35.5. The summed E-state index contributed by atoms with van der Waals surface area (Å²) in [5.74, 6) is 0.469. The van der Waals surface area contributed by atoms with Gasteiger partial charge in [-0.1, -0.05) is 23.7 Å². The van der Waals surface area contributed by atoms with Crippen molar-refractivity contribution in [1.82, 2.24) is 10.6 Å². The fraction of sp³-hybridized carbons (Fsp3) is 0.429. The molecule has 20 heavy (non-hydrogen) atoms. The average molecular weight is 297 g/mol. The molecule has 2 amide bonds. The SMILES string of the molecule is CCN=C(NCC)NC(=O)N(C)c1c(C)cccc1Cl. The summed E-state index contributed by atoms with van der Waals surface area (Å²) >= 11 is 6.16. The molecule has 0 unspecified atom stereocenters. The van der Waals surface area contributed by atoms with Gasteiger partial charge in [-0.3, -0.25) is 15.2 Å². The Balaban J connectivity index is 2.89. The molecule has 0 aliphatic heterocycles. The fourth-order valence-corrected chi connectivity index (χ4v) is 2.15. The summed E-state index contributed by atoms with van der Waals surface area (Å²) in [4.78, 5) is 17.9. The zero-order chi connectivity index (χ0) is 15.1. The number of hydrogen-bond donors (Lipinski definition) is 2. The van der Waals surface area contributed by atoms with Gasteiger partial charge in [-0.2, -0.15) is 0 Å². The first kappa shape index (κ1) is 16.3. The van der Waals surface area contributed by atoms with Crippen molar-refractivity contribution in [3.8, 4) is 0 Å². The largest absolute Gasteiger partial charge is 0.356 e. The average Bonchev–Trinajstić information content (AvgIpc) is 2.38. The number of halogens is 1. The Morgan fingerprint density at radius 2 is 2.10 bits per heavy atom. The Kier molecular flexibility index (Phi) is 6.31. The number of guanidine groups is 1. The number of nitrogens with zero attached hydrogens (tertiary/aromatic N) is 2. The van der Waals surface area contributed by atoms with E-state index < -0.39 is 0 Å². The van der Waals surface area contributed by atoms with E-state index in [0.29, 0.717) is 29.8 Å². The standard InChI is InChI=1S/C14H21ClN4O/c1-5-16-13(17-6-2)18-14(20)19(4)12-10(3)8-7-9-11(12)15/h7-9H,5-6H2,1-4H3,(H2,16,17,18,20). The van der Waals surface area contributed by atoms with Crippen molar-refractivity contribution < 1.29 is 4.79 Å². The second-order valence-electron chi connectivity index (χ2n) is 4.25. The van der Waals surface area contributed by atoms with Crippen LogP contribution in [-0.2, 0) is 0 Å². The van der Waals surface area contributed by atoms with Crippen LogP contribution in [0.3, 0.4) is 0 Å². The van der Waals surface area contributed by atoms with E-state index in [1.807, 2.05) is 32.9 Å². The van der Waals surface area contributed by atoms with Crippen molar-refractivity contribution in [1.29, 1.82) is 0 Å². The van der Waals surface area contributed by atoms with Gasteiger partial charge in [0.2, 0.25) is 0 Å². The first-order valence-corrected chi connectivity index (χ1v) is 6.97. The number of aryl methyl sites for hydroxylation is 1. The molecule has 0 saturated heterocycles. The third-order valence-electron chi connectivity index (χ3n) is 2.71. The van der Waals surface area contributed by atoms with Crippen LogP contribution in [-0.4, -0.2) is 32.1 Å². The summed E-state index contributed by atoms with van der Waals surface area (Å²) in [5, 5.41) is 6.29. The zero-order valence-corrected chi connectivity index (χ0v) is 13.1. The van der Waals surface area contributed by atoms with Gasteiger partial charge in [0, 0.05) is 20.1 Å². The summed E-state index contributed by atoms with van der Waals surface area (Å²) in [6.07, 6.45) is 0. The number of amides is 2. The number of benzene rings is 1. The number of urea groups is 1. The molecule has 6 heteroatoms. The molecule has 1 rings (SSSR count). The number of para-hydroxylation sites is 1. The normalized spacial score (nSPS) is 11.2. The van der Waals surface area contributed by atoms with Crippen LogP contribution in [0.25, 0.3) is 0 Å². The van der Waals surface area contributed by atoms with Crippen molar-refractivity contribution in [2.75, 3.05) is 25.0 Å². The van der Waals surface area contributed by atoms with Gasteiger partial charge >= 0.3 is 6.03 Å². The molecule has 0 fully saturated rings. The molecule has 0 heterocycles. The number of nitrogens with one attached hydrogen (secondary N) is 2. The Bertz CT molecular complexity index is 482. The van der Waals surface area contributed by atoms with Gasteiger partial charge < -0.3 is 5.32 Å². The summed E-state index contributed by atoms with van der Waals surface area (Å²) < 4.78 is 0. The smallest absolute Gasteiger partial charge is 0.328 e. The number of rotatable bonds is 3. The summed E-state index contributed by atoms with van der Waals surface area (Å²) in [6.45, 7) is 7.05. The maximum absolute atomic E-state index is 12.2. The molecule has 110 valence electrons. The van der Waals surface area contributed by atoms with E-state index in [9.17, 15) is 4.79 Å². The van der Waals surface area contributed by atoms with Crippen molar-refractivity contribution in [3.05, 3.63) is 28.8 Å². The summed E-state index contributed by atoms with van der Waals surface area (Å²) in [6, 6.07) is 5.25. The van der Waals surface area contributed by atoms with Gasteiger partial charge in [-0.15, -0.1) is 0 Å². The van der Waals surface area contributed by atoms with Crippen molar-refractivity contribution in [2.45, 2.75) is 20.8 Å². The molecule has 0 bridgehead atoms. The van der Waals surface area contributed by atoms with Gasteiger partial charge in [0.05, 0.1) is 10.7 Å². The second kappa shape index (κ2) is 7.75. The zero-order valence-electron chi connectivity index (χ0n) is 12.3. The molecular formula is C14H21ClN4O. The monoisotopic (exact) mass is 296 g/mol. The molecule has 0 radical (unpaired) electrons. The van der Waals surface area contributed by atoms with Gasteiger partial charge in [-0.05, 0) is 32.4 Å². The second-order valence-corrected chi connectivity index (χ2v) is 4.65. The molecule has 0 aliphatic carbocycles. The fourth-order valence-electron chi connectivity index (χ4n) is 1.80. The minimum Gasteiger partial charge on any atom is -0.356 e. The highest BCUT2D eigenvalue weighted by Crippen LogP contribution is 2.28. The van der Waals surface area contributed by atoms with Crippen LogP contribution in [0.15, 0.2) is 23.2 Å². The predicted molar refractivity (Wildman–Crippen MR) is 84.8 cm³/mol. The van der Waals surface area contributed by atoms with E-state index in [0.717, 1.165) is 5.56 Å². The predicted octanol–water partition coefficient (Wildman–Crippen LogP) is 2.78. The lowest BCUT2D eigenvalue weighted by molar-refractivity contribution is 0.251. The summed E-state index contributed by atoms with van der Waals surface area (Å²) in [7, 11) is 1.68. The molecule has 0 spiro atoms. The van der Waals surface area contributed by atoms with E-state index in [2.05, 4.69) is 15.6 Å². The van der Waals surface area contributed by atoms with Crippen molar-refractivity contribution in [2.24, 2.45) is 4.99 Å². The molecule has 1 aromatic carbocycles. The van der Waals surface area contributed by atoms with Crippen LogP contribution in [0, 0.1) is 6.92 Å². The number of carbonyl (C=O) groups excluding carboxylic acids is 1. The summed E-state index contributed by atoms with van der Waals surface area (Å²) in [5.41, 5.74) is 1.63. The third-order valence-corrected chi connectivity index (χ3v) is 3.02. The lowest BCUT2D eigenvalue weighted by atomic mass is 10.2. The Morgan fingerprint density at radius 1 is 1.40 bits per heavy atom. The lowest BCUT2D eigenvalue weighted by Crippen LogP contribution is -2.47. The van der Waals surface area contributed by atoms with Crippen molar-refractivity contribution in [3.63, 3.8) is 0 Å². The minimum absolute atomic E-state index is 0.283. The van der Waals surface area contributed by atoms with Crippen LogP contribution >= 0.6 is 11.6 Å². The maximum atomic E-state index is 12.2. The quantitative estimate of drug-likeness (QED) is 0.666. The van der Waals surface area contributed by atoms with Crippen LogP contribution in [0.5, 0.6) is 0 Å². The molecular weight excluding hydrogens is 276 g/mol.